The molecule has 4 atom stereocenters. The molecule has 0 aliphatic carbocycles. The SMILES string of the molecule is CC(CN1CCCC1)NC(=O)C1CC2CCC1N2. The number of likely N-dealkylation sites (tertiary alicyclic amines) is 1. The lowest BCUT2D eigenvalue weighted by Gasteiger charge is -2.25. The van der Waals surface area contributed by atoms with Gasteiger partial charge in [-0.1, -0.05) is 0 Å². The summed E-state index contributed by atoms with van der Waals surface area (Å²) in [6.07, 6.45) is 6.13. The second kappa shape index (κ2) is 5.17. The number of hydrogen-bond acceptors (Lipinski definition) is 3. The molecule has 0 aromatic rings. The Hall–Kier alpha value is -0.610. The van der Waals surface area contributed by atoms with Crippen LogP contribution in [0.1, 0.15) is 39.0 Å². The van der Waals surface area contributed by atoms with Gasteiger partial charge in [0, 0.05) is 24.7 Å². The molecule has 3 rings (SSSR count). The summed E-state index contributed by atoms with van der Waals surface area (Å²) in [4.78, 5) is 14.7. The highest BCUT2D eigenvalue weighted by Crippen LogP contribution is 2.33. The lowest BCUT2D eigenvalue weighted by atomic mass is 9.88. The Kier molecular flexibility index (Phi) is 3.57. The van der Waals surface area contributed by atoms with Gasteiger partial charge >= 0.3 is 0 Å². The molecule has 0 saturated carbocycles. The van der Waals surface area contributed by atoms with Crippen molar-refractivity contribution in [2.24, 2.45) is 5.92 Å². The molecule has 4 nitrogen and oxygen atoms in total. The van der Waals surface area contributed by atoms with Crippen molar-refractivity contribution in [3.05, 3.63) is 0 Å². The molecule has 3 aliphatic heterocycles. The topological polar surface area (TPSA) is 44.4 Å². The van der Waals surface area contributed by atoms with E-state index in [0.717, 1.165) is 13.0 Å². The summed E-state index contributed by atoms with van der Waals surface area (Å²) in [5, 5.41) is 6.75. The highest BCUT2D eigenvalue weighted by molar-refractivity contribution is 5.80. The summed E-state index contributed by atoms with van der Waals surface area (Å²) in [6, 6.07) is 1.35. The summed E-state index contributed by atoms with van der Waals surface area (Å²) in [5.74, 6) is 0.506. The zero-order chi connectivity index (χ0) is 12.5. The minimum absolute atomic E-state index is 0.227. The van der Waals surface area contributed by atoms with E-state index >= 15 is 0 Å². The van der Waals surface area contributed by atoms with Gasteiger partial charge in [-0.25, -0.2) is 0 Å². The Morgan fingerprint density at radius 3 is 2.78 bits per heavy atom. The molecule has 18 heavy (non-hydrogen) atoms. The number of rotatable bonds is 4. The van der Waals surface area contributed by atoms with Crippen molar-refractivity contribution in [2.75, 3.05) is 19.6 Å². The van der Waals surface area contributed by atoms with E-state index in [1.54, 1.807) is 0 Å². The van der Waals surface area contributed by atoms with Gasteiger partial charge in [-0.05, 0) is 52.1 Å². The van der Waals surface area contributed by atoms with Crippen molar-refractivity contribution in [1.29, 1.82) is 0 Å². The standard InChI is InChI=1S/C14H25N3O/c1-10(9-17-6-2-3-7-17)15-14(18)12-8-11-4-5-13(12)16-11/h10-13,16H,2-9H2,1H3,(H,15,18). The predicted octanol–water partition coefficient (Wildman–Crippen LogP) is 0.727. The van der Waals surface area contributed by atoms with Crippen LogP contribution in [0.4, 0.5) is 0 Å². The smallest absolute Gasteiger partial charge is 0.224 e. The molecule has 0 radical (unpaired) electrons. The second-order valence-electron chi connectivity index (χ2n) is 6.31. The fraction of sp³-hybridized carbons (Fsp3) is 0.929. The maximum Gasteiger partial charge on any atom is 0.224 e. The highest BCUT2D eigenvalue weighted by Gasteiger charge is 2.42. The number of carbonyl (C=O) groups is 1. The van der Waals surface area contributed by atoms with Gasteiger partial charge in [0.2, 0.25) is 5.91 Å². The first-order valence-electron chi connectivity index (χ1n) is 7.51. The van der Waals surface area contributed by atoms with Gasteiger partial charge in [0.25, 0.3) is 0 Å². The zero-order valence-corrected chi connectivity index (χ0v) is 11.3. The Labute approximate surface area is 109 Å². The van der Waals surface area contributed by atoms with Crippen LogP contribution >= 0.6 is 0 Å². The first kappa shape index (κ1) is 12.4. The number of hydrogen-bond donors (Lipinski definition) is 2. The summed E-state index contributed by atoms with van der Waals surface area (Å²) in [6.45, 7) is 5.56. The summed E-state index contributed by atoms with van der Waals surface area (Å²) >= 11 is 0. The van der Waals surface area contributed by atoms with Crippen LogP contribution in [-0.2, 0) is 4.79 Å². The van der Waals surface area contributed by atoms with Gasteiger partial charge in [-0.15, -0.1) is 0 Å². The molecular formula is C14H25N3O. The predicted molar refractivity (Wildman–Crippen MR) is 71.3 cm³/mol. The van der Waals surface area contributed by atoms with Crippen molar-refractivity contribution in [1.82, 2.24) is 15.5 Å². The number of amides is 1. The van der Waals surface area contributed by atoms with E-state index in [1.807, 2.05) is 0 Å². The number of nitrogens with one attached hydrogen (secondary N) is 2. The minimum Gasteiger partial charge on any atom is -0.352 e. The Morgan fingerprint density at radius 1 is 1.39 bits per heavy atom. The van der Waals surface area contributed by atoms with Gasteiger partial charge in [0.15, 0.2) is 0 Å². The van der Waals surface area contributed by atoms with Gasteiger partial charge in [-0.3, -0.25) is 4.79 Å². The van der Waals surface area contributed by atoms with Gasteiger partial charge < -0.3 is 15.5 Å². The molecule has 2 bridgehead atoms. The third-order valence-corrected chi connectivity index (χ3v) is 4.76. The molecule has 3 aliphatic rings. The monoisotopic (exact) mass is 251 g/mol. The van der Waals surface area contributed by atoms with E-state index < -0.39 is 0 Å². The van der Waals surface area contributed by atoms with Gasteiger partial charge in [0.1, 0.15) is 0 Å². The molecule has 2 N–H and O–H groups in total. The lowest BCUT2D eigenvalue weighted by Crippen LogP contribution is -2.45. The second-order valence-corrected chi connectivity index (χ2v) is 6.31. The van der Waals surface area contributed by atoms with E-state index in [0.29, 0.717) is 12.1 Å². The van der Waals surface area contributed by atoms with Crippen LogP contribution in [0.5, 0.6) is 0 Å². The molecule has 4 unspecified atom stereocenters. The van der Waals surface area contributed by atoms with E-state index in [4.69, 9.17) is 0 Å². The molecule has 1 amide bonds. The van der Waals surface area contributed by atoms with Crippen molar-refractivity contribution >= 4 is 5.91 Å². The quantitative estimate of drug-likeness (QED) is 0.774. The van der Waals surface area contributed by atoms with Crippen LogP contribution in [0.2, 0.25) is 0 Å². The average Bonchev–Trinajstić information content (AvgIpc) is 3.04. The Bertz CT molecular complexity index is 314. The van der Waals surface area contributed by atoms with E-state index in [2.05, 4.69) is 22.5 Å². The summed E-state index contributed by atoms with van der Waals surface area (Å²) in [7, 11) is 0. The van der Waals surface area contributed by atoms with E-state index in [1.165, 1.54) is 38.8 Å². The van der Waals surface area contributed by atoms with Crippen LogP contribution < -0.4 is 10.6 Å². The van der Waals surface area contributed by atoms with Gasteiger partial charge in [0.05, 0.1) is 5.92 Å². The number of carbonyl (C=O) groups excluding carboxylic acids is 1. The number of fused-ring (bicyclic) bond motifs is 2. The summed E-state index contributed by atoms with van der Waals surface area (Å²) < 4.78 is 0. The Morgan fingerprint density at radius 2 is 2.17 bits per heavy atom. The fourth-order valence-corrected chi connectivity index (χ4v) is 3.86. The molecule has 102 valence electrons. The average molecular weight is 251 g/mol. The fourth-order valence-electron chi connectivity index (χ4n) is 3.86. The maximum absolute atomic E-state index is 12.2. The van der Waals surface area contributed by atoms with E-state index in [9.17, 15) is 4.79 Å². The molecule has 0 spiro atoms. The van der Waals surface area contributed by atoms with Crippen molar-refractivity contribution in [3.63, 3.8) is 0 Å². The molecule has 4 heteroatoms. The van der Waals surface area contributed by atoms with Crippen LogP contribution in [0, 0.1) is 5.92 Å². The molecule has 3 fully saturated rings. The third-order valence-electron chi connectivity index (χ3n) is 4.76. The molecular weight excluding hydrogens is 226 g/mol. The Balaban J connectivity index is 1.45. The van der Waals surface area contributed by atoms with Crippen LogP contribution in [0.25, 0.3) is 0 Å². The maximum atomic E-state index is 12.2. The molecule has 3 saturated heterocycles. The first-order chi connectivity index (χ1) is 8.72. The molecule has 0 aromatic heterocycles. The summed E-state index contributed by atoms with van der Waals surface area (Å²) in [5.41, 5.74) is 0. The third kappa shape index (κ3) is 2.54. The molecule has 3 heterocycles. The lowest BCUT2D eigenvalue weighted by molar-refractivity contribution is -0.126. The zero-order valence-electron chi connectivity index (χ0n) is 11.3. The molecule has 0 aromatic carbocycles. The van der Waals surface area contributed by atoms with Crippen LogP contribution in [0.15, 0.2) is 0 Å². The van der Waals surface area contributed by atoms with Crippen molar-refractivity contribution in [2.45, 2.75) is 57.2 Å². The van der Waals surface area contributed by atoms with E-state index in [-0.39, 0.29) is 17.9 Å². The van der Waals surface area contributed by atoms with Crippen molar-refractivity contribution < 1.29 is 4.79 Å². The van der Waals surface area contributed by atoms with Crippen LogP contribution in [0.3, 0.4) is 0 Å². The minimum atomic E-state index is 0.227. The highest BCUT2D eigenvalue weighted by atomic mass is 16.2. The largest absolute Gasteiger partial charge is 0.352 e. The van der Waals surface area contributed by atoms with Crippen molar-refractivity contribution in [3.8, 4) is 0 Å². The number of nitrogens with zero attached hydrogens (tertiary/aromatic N) is 1. The first-order valence-corrected chi connectivity index (χ1v) is 7.51. The normalized spacial score (nSPS) is 37.1. The van der Waals surface area contributed by atoms with Crippen LogP contribution in [-0.4, -0.2) is 48.6 Å². The van der Waals surface area contributed by atoms with Gasteiger partial charge in [-0.2, -0.15) is 0 Å².